The van der Waals surface area contributed by atoms with Crippen molar-refractivity contribution in [3.63, 3.8) is 0 Å². The fourth-order valence-electron chi connectivity index (χ4n) is 2.94. The van der Waals surface area contributed by atoms with Crippen LogP contribution in [0.25, 0.3) is 5.69 Å². The minimum atomic E-state index is -0.758. The molecule has 1 heterocycles. The van der Waals surface area contributed by atoms with Crippen molar-refractivity contribution in [1.82, 2.24) is 15.1 Å². The van der Waals surface area contributed by atoms with Gasteiger partial charge in [0.25, 0.3) is 17.6 Å². The van der Waals surface area contributed by atoms with E-state index in [1.165, 1.54) is 7.05 Å². The van der Waals surface area contributed by atoms with Crippen molar-refractivity contribution in [1.29, 1.82) is 0 Å². The highest BCUT2D eigenvalue weighted by atomic mass is 16.2. The molecule has 0 aliphatic heterocycles. The molecule has 0 saturated carbocycles. The molecular formula is C21H20N4O3. The van der Waals surface area contributed by atoms with Crippen LogP contribution in [-0.2, 0) is 4.79 Å². The van der Waals surface area contributed by atoms with E-state index in [-0.39, 0.29) is 11.5 Å². The molecule has 0 fully saturated rings. The maximum atomic E-state index is 12.7. The summed E-state index contributed by atoms with van der Waals surface area (Å²) in [6.07, 6.45) is 0. The molecule has 0 aliphatic rings. The number of hydrogen-bond acceptors (Lipinski definition) is 4. The molecule has 0 atom stereocenters. The number of Topliss-reactive ketones (excluding diaryl/α,β-unsaturated/α-hetero) is 1. The number of rotatable bonds is 5. The summed E-state index contributed by atoms with van der Waals surface area (Å²) in [5, 5.41) is 9.49. The summed E-state index contributed by atoms with van der Waals surface area (Å²) in [6.45, 7) is 3.46. The van der Waals surface area contributed by atoms with Gasteiger partial charge in [-0.1, -0.05) is 18.2 Å². The molecule has 0 unspecified atom stereocenters. The molecule has 0 bridgehead atoms. The Morgan fingerprint density at radius 1 is 0.929 bits per heavy atom. The van der Waals surface area contributed by atoms with Gasteiger partial charge in [0.15, 0.2) is 0 Å². The molecule has 1 aromatic heterocycles. The predicted molar refractivity (Wildman–Crippen MR) is 106 cm³/mol. The monoisotopic (exact) mass is 376 g/mol. The van der Waals surface area contributed by atoms with Crippen molar-refractivity contribution in [3.05, 3.63) is 77.1 Å². The maximum Gasteiger partial charge on any atom is 0.296 e. The van der Waals surface area contributed by atoms with Crippen molar-refractivity contribution < 1.29 is 14.4 Å². The van der Waals surface area contributed by atoms with Gasteiger partial charge in [0, 0.05) is 18.3 Å². The van der Waals surface area contributed by atoms with E-state index in [1.807, 2.05) is 30.3 Å². The third kappa shape index (κ3) is 3.68. The first-order valence-corrected chi connectivity index (χ1v) is 8.72. The number of amides is 2. The molecule has 0 radical (unpaired) electrons. The molecule has 142 valence electrons. The smallest absolute Gasteiger partial charge is 0.296 e. The van der Waals surface area contributed by atoms with E-state index < -0.39 is 11.7 Å². The van der Waals surface area contributed by atoms with Gasteiger partial charge in [-0.05, 0) is 50.2 Å². The Hall–Kier alpha value is -3.74. The Balaban J connectivity index is 1.81. The molecule has 2 N–H and O–H groups in total. The van der Waals surface area contributed by atoms with Gasteiger partial charge in [0.1, 0.15) is 0 Å². The number of aryl methyl sites for hydroxylation is 1. The SMILES string of the molecule is CNC(=O)c1ccc(NC(=O)C(=O)c2c(C)nn(-c3ccccc3)c2C)cc1. The molecule has 2 amide bonds. The highest BCUT2D eigenvalue weighted by molar-refractivity contribution is 6.47. The summed E-state index contributed by atoms with van der Waals surface area (Å²) in [6, 6.07) is 15.7. The minimum absolute atomic E-state index is 0.228. The first-order valence-electron chi connectivity index (χ1n) is 8.72. The van der Waals surface area contributed by atoms with Crippen LogP contribution in [-0.4, -0.2) is 34.4 Å². The molecule has 2 aromatic carbocycles. The highest BCUT2D eigenvalue weighted by Crippen LogP contribution is 2.19. The Morgan fingerprint density at radius 2 is 1.57 bits per heavy atom. The van der Waals surface area contributed by atoms with E-state index in [4.69, 9.17) is 0 Å². The summed E-state index contributed by atoms with van der Waals surface area (Å²) in [5.41, 5.74) is 3.06. The van der Waals surface area contributed by atoms with Crippen molar-refractivity contribution in [2.75, 3.05) is 12.4 Å². The van der Waals surface area contributed by atoms with Crippen LogP contribution in [0.3, 0.4) is 0 Å². The first kappa shape index (κ1) is 19.0. The third-order valence-corrected chi connectivity index (χ3v) is 4.36. The number of nitrogens with one attached hydrogen (secondary N) is 2. The fraction of sp³-hybridized carbons (Fsp3) is 0.143. The molecular weight excluding hydrogens is 356 g/mol. The molecule has 7 heteroatoms. The molecule has 3 aromatic rings. The lowest BCUT2D eigenvalue weighted by Gasteiger charge is -2.07. The number of benzene rings is 2. The normalized spacial score (nSPS) is 10.4. The number of hydrogen-bond donors (Lipinski definition) is 2. The quantitative estimate of drug-likeness (QED) is 0.529. The Labute approximate surface area is 162 Å². The van der Waals surface area contributed by atoms with Crippen molar-refractivity contribution >= 4 is 23.3 Å². The molecule has 28 heavy (non-hydrogen) atoms. The molecule has 0 saturated heterocycles. The average Bonchev–Trinajstić information content (AvgIpc) is 3.02. The Bertz CT molecular complexity index is 1040. The van der Waals surface area contributed by atoms with Gasteiger partial charge in [-0.2, -0.15) is 5.10 Å². The Kier molecular flexibility index (Phi) is 5.35. The lowest BCUT2D eigenvalue weighted by atomic mass is 10.1. The van der Waals surface area contributed by atoms with Gasteiger partial charge in [-0.15, -0.1) is 0 Å². The zero-order valence-corrected chi connectivity index (χ0v) is 15.8. The minimum Gasteiger partial charge on any atom is -0.355 e. The average molecular weight is 376 g/mol. The van der Waals surface area contributed by atoms with Crippen LogP contribution in [0.4, 0.5) is 5.69 Å². The van der Waals surface area contributed by atoms with Gasteiger partial charge in [-0.25, -0.2) is 4.68 Å². The fourth-order valence-corrected chi connectivity index (χ4v) is 2.94. The number of nitrogens with zero attached hydrogens (tertiary/aromatic N) is 2. The van der Waals surface area contributed by atoms with Crippen molar-refractivity contribution in [2.24, 2.45) is 0 Å². The van der Waals surface area contributed by atoms with Crippen LogP contribution in [0.15, 0.2) is 54.6 Å². The second-order valence-electron chi connectivity index (χ2n) is 6.23. The van der Waals surface area contributed by atoms with Crippen molar-refractivity contribution in [3.8, 4) is 5.69 Å². The predicted octanol–water partition coefficient (Wildman–Crippen LogP) is 2.67. The van der Waals surface area contributed by atoms with Crippen LogP contribution in [0.2, 0.25) is 0 Å². The van der Waals surface area contributed by atoms with E-state index in [0.717, 1.165) is 5.69 Å². The highest BCUT2D eigenvalue weighted by Gasteiger charge is 2.25. The number of para-hydroxylation sites is 1. The summed E-state index contributed by atoms with van der Waals surface area (Å²) in [4.78, 5) is 36.8. The van der Waals surface area contributed by atoms with Gasteiger partial charge in [-0.3, -0.25) is 14.4 Å². The van der Waals surface area contributed by atoms with Crippen LogP contribution < -0.4 is 10.6 Å². The van der Waals surface area contributed by atoms with Gasteiger partial charge >= 0.3 is 0 Å². The lowest BCUT2D eigenvalue weighted by Crippen LogP contribution is -2.24. The number of carbonyl (C=O) groups is 3. The van der Waals surface area contributed by atoms with E-state index in [0.29, 0.717) is 22.6 Å². The van der Waals surface area contributed by atoms with Crippen LogP contribution in [0, 0.1) is 13.8 Å². The maximum absolute atomic E-state index is 12.7. The topological polar surface area (TPSA) is 93.1 Å². The standard InChI is InChI=1S/C21H20N4O3/c1-13-18(14(2)25(24-13)17-7-5-4-6-8-17)19(26)21(28)23-16-11-9-15(10-12-16)20(27)22-3/h4-12H,1-3H3,(H,22,27)(H,23,28). The molecule has 7 nitrogen and oxygen atoms in total. The largest absolute Gasteiger partial charge is 0.355 e. The molecule has 0 spiro atoms. The van der Waals surface area contributed by atoms with Crippen LogP contribution >= 0.6 is 0 Å². The van der Waals surface area contributed by atoms with Crippen molar-refractivity contribution in [2.45, 2.75) is 13.8 Å². The number of carbonyl (C=O) groups excluding carboxylic acids is 3. The summed E-state index contributed by atoms with van der Waals surface area (Å²) in [5.74, 6) is -1.65. The number of aromatic nitrogens is 2. The number of ketones is 1. The number of anilines is 1. The van der Waals surface area contributed by atoms with E-state index in [9.17, 15) is 14.4 Å². The van der Waals surface area contributed by atoms with Gasteiger partial charge in [0.05, 0.1) is 22.6 Å². The second kappa shape index (κ2) is 7.87. The summed E-state index contributed by atoms with van der Waals surface area (Å²) < 4.78 is 1.65. The van der Waals surface area contributed by atoms with E-state index in [2.05, 4.69) is 15.7 Å². The second-order valence-corrected chi connectivity index (χ2v) is 6.23. The van der Waals surface area contributed by atoms with Gasteiger partial charge in [0.2, 0.25) is 0 Å². The first-order chi connectivity index (χ1) is 13.4. The molecule has 0 aliphatic carbocycles. The van der Waals surface area contributed by atoms with Crippen LogP contribution in [0.5, 0.6) is 0 Å². The molecule has 3 rings (SSSR count). The Morgan fingerprint density at radius 3 is 2.18 bits per heavy atom. The zero-order chi connectivity index (χ0) is 20.3. The lowest BCUT2D eigenvalue weighted by molar-refractivity contribution is -0.112. The summed E-state index contributed by atoms with van der Waals surface area (Å²) in [7, 11) is 1.54. The van der Waals surface area contributed by atoms with E-state index in [1.54, 1.807) is 42.8 Å². The van der Waals surface area contributed by atoms with Crippen LogP contribution in [0.1, 0.15) is 32.1 Å². The van der Waals surface area contributed by atoms with E-state index >= 15 is 0 Å². The third-order valence-electron chi connectivity index (χ3n) is 4.36. The van der Waals surface area contributed by atoms with Gasteiger partial charge < -0.3 is 10.6 Å². The summed E-state index contributed by atoms with van der Waals surface area (Å²) >= 11 is 0. The zero-order valence-electron chi connectivity index (χ0n) is 15.8.